The molecule has 0 amide bonds. The van der Waals surface area contributed by atoms with Crippen molar-refractivity contribution in [1.82, 2.24) is 40.2 Å². The number of benzene rings is 2. The first-order valence-corrected chi connectivity index (χ1v) is 18.1. The predicted molar refractivity (Wildman–Crippen MR) is 193 cm³/mol. The Balaban J connectivity index is 0.000000147. The molecule has 46 heavy (non-hydrogen) atoms. The Hall–Kier alpha value is -2.14. The lowest BCUT2D eigenvalue weighted by Gasteiger charge is -2.34. The van der Waals surface area contributed by atoms with E-state index in [-0.39, 0.29) is 0 Å². The Kier molecular flexibility index (Phi) is 10.2. The van der Waals surface area contributed by atoms with Crippen LogP contribution in [0.3, 0.4) is 0 Å². The van der Waals surface area contributed by atoms with Gasteiger partial charge in [0.2, 0.25) is 0 Å². The van der Waals surface area contributed by atoms with Gasteiger partial charge in [0.05, 0.1) is 0 Å². The van der Waals surface area contributed by atoms with Crippen molar-refractivity contribution in [1.29, 1.82) is 0 Å². The molecule has 8 nitrogen and oxygen atoms in total. The van der Waals surface area contributed by atoms with Crippen LogP contribution >= 0.6 is 23.2 Å². The summed E-state index contributed by atoms with van der Waals surface area (Å²) in [4.78, 5) is 17.3. The molecule has 2 saturated heterocycles. The molecule has 10 heteroatoms. The van der Waals surface area contributed by atoms with Gasteiger partial charge in [0.25, 0.3) is 0 Å². The smallest absolute Gasteiger partial charge is 0.0488 e. The number of nitrogens with one attached hydrogen (secondary N) is 4. The number of H-pyrrole nitrogens is 2. The predicted octanol–water partition coefficient (Wildman–Crippen LogP) is 5.29. The molecule has 0 bridgehead atoms. The zero-order valence-electron chi connectivity index (χ0n) is 27.5. The van der Waals surface area contributed by atoms with Gasteiger partial charge in [0, 0.05) is 121 Å². The SMILES string of the molecule is CN1CCN(CC[C@@H]2NCCc3c2[nH]c2cc(Cl)ccc32)CC1.CN1CCN(CC[C@H]2NCCc3c2[nH]c2cc(Cl)ccc32)CC1. The highest BCUT2D eigenvalue weighted by Crippen LogP contribution is 2.34. The molecule has 4 N–H and O–H groups in total. The molecule has 0 saturated carbocycles. The van der Waals surface area contributed by atoms with E-state index in [1.165, 1.54) is 110 Å². The van der Waals surface area contributed by atoms with E-state index in [9.17, 15) is 0 Å². The first kappa shape index (κ1) is 32.4. The summed E-state index contributed by atoms with van der Waals surface area (Å²) in [6.45, 7) is 14.0. The zero-order chi connectivity index (χ0) is 31.6. The first-order valence-electron chi connectivity index (χ1n) is 17.3. The number of piperazine rings is 2. The Morgan fingerprint density at radius 2 is 1.02 bits per heavy atom. The summed E-state index contributed by atoms with van der Waals surface area (Å²) in [5, 5.41) is 11.7. The second-order valence-electron chi connectivity index (χ2n) is 13.8. The van der Waals surface area contributed by atoms with Crippen LogP contribution in [-0.2, 0) is 12.8 Å². The van der Waals surface area contributed by atoms with Crippen LogP contribution in [-0.4, -0.2) is 122 Å². The lowest BCUT2D eigenvalue weighted by molar-refractivity contribution is 0.148. The third-order valence-corrected chi connectivity index (χ3v) is 11.2. The molecule has 8 rings (SSSR count). The van der Waals surface area contributed by atoms with Gasteiger partial charge in [-0.25, -0.2) is 0 Å². The van der Waals surface area contributed by atoms with Crippen LogP contribution in [0.2, 0.25) is 10.0 Å². The minimum atomic E-state index is 0.435. The zero-order valence-corrected chi connectivity index (χ0v) is 29.0. The molecule has 4 aliphatic heterocycles. The fraction of sp³-hybridized carbons (Fsp3) is 0.556. The molecule has 0 aliphatic carbocycles. The highest BCUT2D eigenvalue weighted by atomic mass is 35.5. The molecule has 2 fully saturated rings. The maximum Gasteiger partial charge on any atom is 0.0488 e. The molecule has 4 aromatic rings. The fourth-order valence-corrected chi connectivity index (χ4v) is 8.18. The topological polar surface area (TPSA) is 68.6 Å². The number of halogens is 2. The maximum absolute atomic E-state index is 6.15. The van der Waals surface area contributed by atoms with Gasteiger partial charge >= 0.3 is 0 Å². The second kappa shape index (κ2) is 14.5. The van der Waals surface area contributed by atoms with Crippen molar-refractivity contribution in [3.63, 3.8) is 0 Å². The van der Waals surface area contributed by atoms with Crippen molar-refractivity contribution in [3.05, 3.63) is 69.0 Å². The fourth-order valence-electron chi connectivity index (χ4n) is 7.84. The summed E-state index contributed by atoms with van der Waals surface area (Å²) in [7, 11) is 4.42. The minimum Gasteiger partial charge on any atom is -0.357 e. The average Bonchev–Trinajstić information content (AvgIpc) is 3.62. The van der Waals surface area contributed by atoms with Gasteiger partial charge < -0.3 is 40.2 Å². The Morgan fingerprint density at radius 3 is 1.43 bits per heavy atom. The van der Waals surface area contributed by atoms with E-state index in [4.69, 9.17) is 23.2 Å². The average molecular weight is 666 g/mol. The van der Waals surface area contributed by atoms with Gasteiger partial charge in [-0.1, -0.05) is 35.3 Å². The van der Waals surface area contributed by atoms with Crippen molar-refractivity contribution >= 4 is 45.0 Å². The molecule has 248 valence electrons. The summed E-state index contributed by atoms with van der Waals surface area (Å²) in [5.74, 6) is 0. The number of aromatic nitrogens is 2. The Bertz CT molecular complexity index is 1500. The summed E-state index contributed by atoms with van der Waals surface area (Å²) in [6, 6.07) is 13.3. The van der Waals surface area contributed by atoms with Gasteiger partial charge in [-0.15, -0.1) is 0 Å². The van der Waals surface area contributed by atoms with E-state index < -0.39 is 0 Å². The summed E-state index contributed by atoms with van der Waals surface area (Å²) in [6.07, 6.45) is 4.53. The lowest BCUT2D eigenvalue weighted by atomic mass is 9.97. The van der Waals surface area contributed by atoms with E-state index in [0.717, 1.165) is 48.8 Å². The van der Waals surface area contributed by atoms with Gasteiger partial charge in [-0.05, 0) is 88.3 Å². The van der Waals surface area contributed by atoms with Crippen molar-refractivity contribution in [3.8, 4) is 0 Å². The van der Waals surface area contributed by atoms with Crippen LogP contribution in [0.4, 0.5) is 0 Å². The Morgan fingerprint density at radius 1 is 0.609 bits per heavy atom. The third-order valence-electron chi connectivity index (χ3n) is 10.7. The van der Waals surface area contributed by atoms with Gasteiger partial charge in [0.1, 0.15) is 0 Å². The maximum atomic E-state index is 6.15. The van der Waals surface area contributed by atoms with Crippen molar-refractivity contribution < 1.29 is 0 Å². The highest BCUT2D eigenvalue weighted by Gasteiger charge is 2.26. The van der Waals surface area contributed by atoms with Crippen molar-refractivity contribution in [2.45, 2.75) is 37.8 Å². The molecule has 2 atom stereocenters. The van der Waals surface area contributed by atoms with Crippen molar-refractivity contribution in [2.75, 3.05) is 92.6 Å². The van der Waals surface area contributed by atoms with Crippen LogP contribution in [0.15, 0.2) is 36.4 Å². The molecular formula is C36H50Cl2N8. The Labute approximate surface area is 283 Å². The third kappa shape index (κ3) is 7.30. The first-order chi connectivity index (χ1) is 22.4. The monoisotopic (exact) mass is 664 g/mol. The van der Waals surface area contributed by atoms with Crippen LogP contribution in [0.1, 0.15) is 47.4 Å². The molecule has 6 heterocycles. The quantitative estimate of drug-likeness (QED) is 0.225. The largest absolute Gasteiger partial charge is 0.357 e. The highest BCUT2D eigenvalue weighted by molar-refractivity contribution is 6.31. The standard InChI is InChI=1S/2C18H25ClN4/c2*1-22-8-10-23(11-9-22)7-5-16-18-15(4-6-20-16)14-3-2-13(19)12-17(14)21-18/h2*2-3,12,16,20-21H,4-11H2,1H3/t2*16-/m10/s1. The number of hydrogen-bond acceptors (Lipinski definition) is 6. The molecule has 0 radical (unpaired) electrons. The number of aromatic amines is 2. The van der Waals surface area contributed by atoms with Crippen LogP contribution < -0.4 is 10.6 Å². The van der Waals surface area contributed by atoms with Crippen LogP contribution in [0.5, 0.6) is 0 Å². The molecule has 2 aromatic carbocycles. The summed E-state index contributed by atoms with van der Waals surface area (Å²) < 4.78 is 0. The summed E-state index contributed by atoms with van der Waals surface area (Å²) >= 11 is 12.3. The number of fused-ring (bicyclic) bond motifs is 6. The van der Waals surface area contributed by atoms with Crippen molar-refractivity contribution in [2.24, 2.45) is 0 Å². The molecular weight excluding hydrogens is 615 g/mol. The molecule has 0 unspecified atom stereocenters. The summed E-state index contributed by atoms with van der Waals surface area (Å²) in [5.41, 5.74) is 8.08. The number of rotatable bonds is 6. The number of nitrogens with zero attached hydrogens (tertiary/aromatic N) is 4. The number of likely N-dealkylation sites (N-methyl/N-ethyl adjacent to an activating group) is 2. The van der Waals surface area contributed by atoms with Crippen LogP contribution in [0.25, 0.3) is 21.8 Å². The van der Waals surface area contributed by atoms with E-state index >= 15 is 0 Å². The van der Waals surface area contributed by atoms with Gasteiger partial charge in [-0.2, -0.15) is 0 Å². The van der Waals surface area contributed by atoms with Gasteiger partial charge in [0.15, 0.2) is 0 Å². The van der Waals surface area contributed by atoms with E-state index in [1.54, 1.807) is 0 Å². The van der Waals surface area contributed by atoms with E-state index in [0.29, 0.717) is 12.1 Å². The minimum absolute atomic E-state index is 0.435. The molecule has 2 aromatic heterocycles. The normalized spacial score (nSPS) is 23.3. The number of hydrogen-bond donors (Lipinski definition) is 4. The molecule has 0 spiro atoms. The second-order valence-corrected chi connectivity index (χ2v) is 14.7. The lowest BCUT2D eigenvalue weighted by Crippen LogP contribution is -2.45. The molecule has 4 aliphatic rings. The van der Waals surface area contributed by atoms with E-state index in [2.05, 4.69) is 66.4 Å². The van der Waals surface area contributed by atoms with E-state index in [1.807, 2.05) is 24.3 Å². The van der Waals surface area contributed by atoms with Crippen LogP contribution in [0, 0.1) is 0 Å². The van der Waals surface area contributed by atoms with Gasteiger partial charge in [-0.3, -0.25) is 0 Å².